The van der Waals surface area contributed by atoms with Gasteiger partial charge in [-0.05, 0) is 50.2 Å². The Morgan fingerprint density at radius 3 is 2.79 bits per heavy atom. The van der Waals surface area contributed by atoms with Crippen LogP contribution in [0.3, 0.4) is 0 Å². The number of hydrogen-bond donors (Lipinski definition) is 1. The van der Waals surface area contributed by atoms with E-state index in [0.717, 1.165) is 37.4 Å². The van der Waals surface area contributed by atoms with Crippen LogP contribution in [0.4, 0.5) is 11.4 Å². The average Bonchev–Trinajstić information content (AvgIpc) is 3.14. The molecule has 1 fully saturated rings. The Kier molecular flexibility index (Phi) is 5.41. The third-order valence-corrected chi connectivity index (χ3v) is 5.33. The third-order valence-electron chi connectivity index (χ3n) is 5.09. The van der Waals surface area contributed by atoms with Crippen molar-refractivity contribution in [3.63, 3.8) is 0 Å². The zero-order valence-electron chi connectivity index (χ0n) is 15.5. The minimum absolute atomic E-state index is 0.147. The molecule has 10 heteroatoms. The van der Waals surface area contributed by atoms with Gasteiger partial charge >= 0.3 is 0 Å². The van der Waals surface area contributed by atoms with Crippen molar-refractivity contribution in [2.45, 2.75) is 18.8 Å². The number of likely N-dealkylation sites (tertiary alicyclic amines) is 1. The molecule has 9 nitrogen and oxygen atoms in total. The highest BCUT2D eigenvalue weighted by Gasteiger charge is 2.26. The van der Waals surface area contributed by atoms with Crippen molar-refractivity contribution in [3.05, 3.63) is 63.6 Å². The molecule has 0 bridgehead atoms. The maximum absolute atomic E-state index is 12.4. The Morgan fingerprint density at radius 2 is 2.03 bits per heavy atom. The Bertz CT molecular complexity index is 1060. The fraction of sp³-hybridized carbons (Fsp3) is 0.316. The van der Waals surface area contributed by atoms with Crippen molar-refractivity contribution in [2.24, 2.45) is 0 Å². The molecule has 0 aliphatic carbocycles. The number of fused-ring (bicyclic) bond motifs is 1. The summed E-state index contributed by atoms with van der Waals surface area (Å²) in [5.74, 6) is 0.937. The van der Waals surface area contributed by atoms with Crippen LogP contribution in [0.5, 0.6) is 0 Å². The fourth-order valence-electron chi connectivity index (χ4n) is 3.64. The smallest absolute Gasteiger partial charge is 0.294 e. The van der Waals surface area contributed by atoms with Gasteiger partial charge in [-0.25, -0.2) is 0 Å². The van der Waals surface area contributed by atoms with Crippen LogP contribution in [0.1, 0.15) is 24.6 Å². The minimum atomic E-state index is -0.560. The van der Waals surface area contributed by atoms with E-state index in [1.807, 2.05) is 33.7 Å². The number of nitrogens with one attached hydrogen (secondary N) is 1. The number of anilines is 1. The van der Waals surface area contributed by atoms with Crippen LogP contribution in [-0.4, -0.2) is 50.0 Å². The molecule has 0 saturated carbocycles. The summed E-state index contributed by atoms with van der Waals surface area (Å²) in [6.45, 7) is 1.65. The molecule has 1 N–H and O–H groups in total. The van der Waals surface area contributed by atoms with Gasteiger partial charge in [0.15, 0.2) is 5.65 Å². The first-order valence-electron chi connectivity index (χ1n) is 9.27. The summed E-state index contributed by atoms with van der Waals surface area (Å²) in [5.41, 5.74) is 0.756. The molecule has 150 valence electrons. The molecular formula is C19H19ClN6O3. The number of benzene rings is 1. The lowest BCUT2D eigenvalue weighted by atomic mass is 9.96. The van der Waals surface area contributed by atoms with Gasteiger partial charge in [0, 0.05) is 23.2 Å². The lowest BCUT2D eigenvalue weighted by Gasteiger charge is -2.30. The van der Waals surface area contributed by atoms with Crippen LogP contribution in [0.25, 0.3) is 5.65 Å². The molecule has 0 spiro atoms. The van der Waals surface area contributed by atoms with E-state index in [1.54, 1.807) is 0 Å². The van der Waals surface area contributed by atoms with E-state index in [2.05, 4.69) is 15.5 Å². The second kappa shape index (κ2) is 8.14. The number of carbonyl (C=O) groups excluding carboxylic acids is 1. The van der Waals surface area contributed by atoms with Gasteiger partial charge in [-0.2, -0.15) is 0 Å². The predicted molar refractivity (Wildman–Crippen MR) is 108 cm³/mol. The number of amides is 1. The Morgan fingerprint density at radius 1 is 1.24 bits per heavy atom. The standard InChI is InChI=1S/C19H19ClN6O3/c20-14-4-5-15(16(11-14)26(28)29)21-18(27)12-24-9-6-13(7-10-24)19-23-22-17-3-1-2-8-25(17)19/h1-5,8,11,13H,6-7,9-10,12H2,(H,21,27). The van der Waals surface area contributed by atoms with E-state index in [4.69, 9.17) is 11.6 Å². The van der Waals surface area contributed by atoms with E-state index in [-0.39, 0.29) is 34.8 Å². The number of nitrogens with zero attached hydrogens (tertiary/aromatic N) is 5. The van der Waals surface area contributed by atoms with Gasteiger partial charge in [-0.15, -0.1) is 10.2 Å². The molecule has 1 amide bonds. The lowest BCUT2D eigenvalue weighted by Crippen LogP contribution is -2.39. The molecule has 29 heavy (non-hydrogen) atoms. The minimum Gasteiger partial charge on any atom is -0.319 e. The molecule has 0 radical (unpaired) electrons. The number of piperidine rings is 1. The highest BCUT2D eigenvalue weighted by atomic mass is 35.5. The highest BCUT2D eigenvalue weighted by molar-refractivity contribution is 6.31. The van der Waals surface area contributed by atoms with Crippen molar-refractivity contribution in [1.82, 2.24) is 19.5 Å². The molecule has 3 aromatic rings. The monoisotopic (exact) mass is 414 g/mol. The topological polar surface area (TPSA) is 106 Å². The molecule has 1 aliphatic rings. The van der Waals surface area contributed by atoms with E-state index in [0.29, 0.717) is 0 Å². The molecule has 4 rings (SSSR count). The molecule has 0 atom stereocenters. The first-order valence-corrected chi connectivity index (χ1v) is 9.65. The second-order valence-corrected chi connectivity index (χ2v) is 7.44. The zero-order chi connectivity index (χ0) is 20.4. The van der Waals surface area contributed by atoms with E-state index in [9.17, 15) is 14.9 Å². The van der Waals surface area contributed by atoms with Crippen LogP contribution in [0.15, 0.2) is 42.6 Å². The normalized spacial score (nSPS) is 15.5. The quantitative estimate of drug-likeness (QED) is 0.508. The summed E-state index contributed by atoms with van der Waals surface area (Å²) in [6, 6.07) is 9.99. The average molecular weight is 415 g/mol. The SMILES string of the molecule is O=C(CN1CCC(c2nnc3ccccn23)CC1)Nc1ccc(Cl)cc1[N+](=O)[O-]. The third kappa shape index (κ3) is 4.20. The molecule has 1 aliphatic heterocycles. The summed E-state index contributed by atoms with van der Waals surface area (Å²) < 4.78 is 2.01. The number of rotatable bonds is 5. The van der Waals surface area contributed by atoms with Crippen LogP contribution in [-0.2, 0) is 4.79 Å². The second-order valence-electron chi connectivity index (χ2n) is 7.00. The maximum Gasteiger partial charge on any atom is 0.294 e. The first kappa shape index (κ1) is 19.3. The number of hydrogen-bond acceptors (Lipinski definition) is 6. The van der Waals surface area contributed by atoms with Crippen LogP contribution >= 0.6 is 11.6 Å². The van der Waals surface area contributed by atoms with Gasteiger partial charge < -0.3 is 5.32 Å². The largest absolute Gasteiger partial charge is 0.319 e. The fourth-order valence-corrected chi connectivity index (χ4v) is 3.81. The van der Waals surface area contributed by atoms with Crippen molar-refractivity contribution in [1.29, 1.82) is 0 Å². The van der Waals surface area contributed by atoms with Crippen molar-refractivity contribution >= 4 is 34.5 Å². The number of carbonyl (C=O) groups is 1. The Balaban J connectivity index is 1.35. The number of nitro benzene ring substituents is 1. The number of aromatic nitrogens is 3. The van der Waals surface area contributed by atoms with E-state index >= 15 is 0 Å². The molecule has 2 aromatic heterocycles. The first-order chi connectivity index (χ1) is 14.0. The summed E-state index contributed by atoms with van der Waals surface area (Å²) >= 11 is 5.81. The molecular weight excluding hydrogens is 396 g/mol. The molecule has 1 aromatic carbocycles. The zero-order valence-corrected chi connectivity index (χ0v) is 16.2. The highest BCUT2D eigenvalue weighted by Crippen LogP contribution is 2.29. The van der Waals surface area contributed by atoms with E-state index < -0.39 is 4.92 Å². The van der Waals surface area contributed by atoms with Crippen LogP contribution < -0.4 is 5.32 Å². The Labute approximate surface area is 171 Å². The summed E-state index contributed by atoms with van der Waals surface area (Å²) in [5, 5.41) is 22.6. The number of halogens is 1. The van der Waals surface area contributed by atoms with Crippen LogP contribution in [0, 0.1) is 10.1 Å². The summed E-state index contributed by atoms with van der Waals surface area (Å²) in [6.07, 6.45) is 3.69. The lowest BCUT2D eigenvalue weighted by molar-refractivity contribution is -0.383. The predicted octanol–water partition coefficient (Wildman–Crippen LogP) is 3.11. The van der Waals surface area contributed by atoms with Gasteiger partial charge in [0.2, 0.25) is 5.91 Å². The van der Waals surface area contributed by atoms with Crippen LogP contribution in [0.2, 0.25) is 5.02 Å². The molecule has 3 heterocycles. The van der Waals surface area contributed by atoms with Gasteiger partial charge in [-0.1, -0.05) is 17.7 Å². The van der Waals surface area contributed by atoms with Gasteiger partial charge in [0.25, 0.3) is 5.69 Å². The maximum atomic E-state index is 12.4. The van der Waals surface area contributed by atoms with Gasteiger partial charge in [0.05, 0.1) is 11.5 Å². The van der Waals surface area contributed by atoms with Crippen molar-refractivity contribution in [3.8, 4) is 0 Å². The van der Waals surface area contributed by atoms with Crippen molar-refractivity contribution in [2.75, 3.05) is 25.0 Å². The van der Waals surface area contributed by atoms with E-state index in [1.165, 1.54) is 18.2 Å². The van der Waals surface area contributed by atoms with Gasteiger partial charge in [-0.3, -0.25) is 24.2 Å². The molecule has 1 saturated heterocycles. The number of nitro groups is 1. The molecule has 0 unspecified atom stereocenters. The summed E-state index contributed by atoms with van der Waals surface area (Å²) in [7, 11) is 0. The van der Waals surface area contributed by atoms with Gasteiger partial charge in [0.1, 0.15) is 11.5 Å². The Hall–Kier alpha value is -3.04. The van der Waals surface area contributed by atoms with Crippen molar-refractivity contribution < 1.29 is 9.72 Å². The summed E-state index contributed by atoms with van der Waals surface area (Å²) in [4.78, 5) is 25.0. The number of pyridine rings is 1.